The lowest BCUT2D eigenvalue weighted by Gasteiger charge is -2.35. The van der Waals surface area contributed by atoms with E-state index in [9.17, 15) is 9.59 Å². The summed E-state index contributed by atoms with van der Waals surface area (Å²) in [5, 5.41) is 2.90. The summed E-state index contributed by atoms with van der Waals surface area (Å²) >= 11 is 0. The quantitative estimate of drug-likeness (QED) is 0.750. The monoisotopic (exact) mass is 241 g/mol. The van der Waals surface area contributed by atoms with E-state index in [0.717, 1.165) is 32.1 Å². The summed E-state index contributed by atoms with van der Waals surface area (Å²) in [4.78, 5) is 23.6. The Morgan fingerprint density at radius 1 is 1.24 bits per heavy atom. The molecule has 1 aliphatic rings. The van der Waals surface area contributed by atoms with E-state index in [2.05, 4.69) is 5.32 Å². The maximum Gasteiger partial charge on any atom is 0.331 e. The zero-order valence-electron chi connectivity index (χ0n) is 10.9. The van der Waals surface area contributed by atoms with Crippen molar-refractivity contribution >= 4 is 11.9 Å². The molecule has 4 heteroatoms. The molecule has 0 heterocycles. The highest BCUT2D eigenvalue weighted by molar-refractivity contribution is 5.88. The van der Waals surface area contributed by atoms with Gasteiger partial charge in [0.25, 0.3) is 0 Å². The zero-order valence-corrected chi connectivity index (χ0v) is 10.9. The smallest absolute Gasteiger partial charge is 0.331 e. The van der Waals surface area contributed by atoms with Crippen LogP contribution in [0.15, 0.2) is 0 Å². The Morgan fingerprint density at radius 2 is 1.88 bits per heavy atom. The third-order valence-electron chi connectivity index (χ3n) is 3.42. The standard InChI is InChI=1S/C13H23NO3/c1-3-4-8-11(15)14-13(12(16)17-2)9-6-5-7-10-13/h3-10H2,1-2H3,(H,14,15). The van der Waals surface area contributed by atoms with Crippen LogP contribution in [0, 0.1) is 0 Å². The Kier molecular flexibility index (Phi) is 5.45. The summed E-state index contributed by atoms with van der Waals surface area (Å²) in [5.41, 5.74) is -0.752. The number of carbonyl (C=O) groups is 2. The summed E-state index contributed by atoms with van der Waals surface area (Å²) in [6.07, 6.45) is 6.84. The molecule has 0 spiro atoms. The van der Waals surface area contributed by atoms with Gasteiger partial charge in [-0.15, -0.1) is 0 Å². The lowest BCUT2D eigenvalue weighted by Crippen LogP contribution is -2.56. The second kappa shape index (κ2) is 6.62. The number of ether oxygens (including phenoxy) is 1. The number of methoxy groups -OCH3 is 1. The van der Waals surface area contributed by atoms with Crippen LogP contribution in [0.1, 0.15) is 58.3 Å². The van der Waals surface area contributed by atoms with Crippen LogP contribution in [-0.2, 0) is 14.3 Å². The molecule has 0 bridgehead atoms. The van der Waals surface area contributed by atoms with Gasteiger partial charge >= 0.3 is 5.97 Å². The number of esters is 1. The van der Waals surface area contributed by atoms with Crippen molar-refractivity contribution in [3.05, 3.63) is 0 Å². The average Bonchev–Trinajstić information content (AvgIpc) is 2.36. The predicted molar refractivity (Wildman–Crippen MR) is 65.5 cm³/mol. The van der Waals surface area contributed by atoms with Gasteiger partial charge in [0.1, 0.15) is 5.54 Å². The summed E-state index contributed by atoms with van der Waals surface area (Å²) < 4.78 is 4.84. The summed E-state index contributed by atoms with van der Waals surface area (Å²) in [6, 6.07) is 0. The largest absolute Gasteiger partial charge is 0.467 e. The van der Waals surface area contributed by atoms with Crippen LogP contribution < -0.4 is 5.32 Å². The first-order valence-corrected chi connectivity index (χ1v) is 6.54. The van der Waals surface area contributed by atoms with E-state index in [1.807, 2.05) is 6.92 Å². The zero-order chi connectivity index (χ0) is 12.7. The molecule has 1 N–H and O–H groups in total. The average molecular weight is 241 g/mol. The van der Waals surface area contributed by atoms with Crippen LogP contribution >= 0.6 is 0 Å². The highest BCUT2D eigenvalue weighted by Crippen LogP contribution is 2.29. The molecule has 0 unspecified atom stereocenters. The maximum atomic E-state index is 11.9. The van der Waals surface area contributed by atoms with E-state index in [4.69, 9.17) is 4.74 Å². The van der Waals surface area contributed by atoms with E-state index < -0.39 is 5.54 Å². The molecule has 0 atom stereocenters. The second-order valence-electron chi connectivity index (χ2n) is 4.79. The first-order chi connectivity index (χ1) is 8.14. The maximum absolute atomic E-state index is 11.9. The molecule has 4 nitrogen and oxygen atoms in total. The van der Waals surface area contributed by atoms with Gasteiger partial charge in [-0.3, -0.25) is 4.79 Å². The minimum absolute atomic E-state index is 0.0286. The number of hydrogen-bond acceptors (Lipinski definition) is 3. The Morgan fingerprint density at radius 3 is 2.41 bits per heavy atom. The third-order valence-corrected chi connectivity index (χ3v) is 3.42. The van der Waals surface area contributed by atoms with Crippen molar-refractivity contribution in [2.24, 2.45) is 0 Å². The molecular weight excluding hydrogens is 218 g/mol. The predicted octanol–water partition coefficient (Wildman–Crippen LogP) is 2.17. The molecule has 1 fully saturated rings. The molecule has 0 saturated heterocycles. The van der Waals surface area contributed by atoms with Gasteiger partial charge in [0.15, 0.2) is 0 Å². The van der Waals surface area contributed by atoms with Gasteiger partial charge in [0.05, 0.1) is 7.11 Å². The van der Waals surface area contributed by atoms with Gasteiger partial charge in [-0.25, -0.2) is 4.79 Å². The Labute approximate surface area is 103 Å². The summed E-state index contributed by atoms with van der Waals surface area (Å²) in [6.45, 7) is 2.05. The van der Waals surface area contributed by atoms with Crippen LogP contribution in [0.2, 0.25) is 0 Å². The van der Waals surface area contributed by atoms with E-state index in [1.54, 1.807) is 0 Å². The first-order valence-electron chi connectivity index (χ1n) is 6.54. The molecule has 1 rings (SSSR count). The minimum Gasteiger partial charge on any atom is -0.467 e. The molecule has 1 amide bonds. The van der Waals surface area contributed by atoms with Crippen LogP contribution in [0.3, 0.4) is 0 Å². The lowest BCUT2D eigenvalue weighted by atomic mass is 9.81. The SMILES string of the molecule is CCCCC(=O)NC1(C(=O)OC)CCCCC1. The van der Waals surface area contributed by atoms with Crippen LogP contribution in [0.25, 0.3) is 0 Å². The molecule has 0 aliphatic heterocycles. The van der Waals surface area contributed by atoms with Gasteiger partial charge in [0, 0.05) is 6.42 Å². The normalized spacial score (nSPS) is 18.5. The van der Waals surface area contributed by atoms with Crippen molar-refractivity contribution in [1.29, 1.82) is 0 Å². The van der Waals surface area contributed by atoms with Gasteiger partial charge in [-0.1, -0.05) is 32.6 Å². The molecule has 0 aromatic heterocycles. The topological polar surface area (TPSA) is 55.4 Å². The molecule has 1 saturated carbocycles. The van der Waals surface area contributed by atoms with Crippen molar-refractivity contribution < 1.29 is 14.3 Å². The molecule has 0 aromatic rings. The highest BCUT2D eigenvalue weighted by atomic mass is 16.5. The van der Waals surface area contributed by atoms with Crippen molar-refractivity contribution in [3.8, 4) is 0 Å². The van der Waals surface area contributed by atoms with E-state index in [-0.39, 0.29) is 11.9 Å². The molecule has 1 aliphatic carbocycles. The minimum atomic E-state index is -0.752. The van der Waals surface area contributed by atoms with Gasteiger partial charge in [0.2, 0.25) is 5.91 Å². The summed E-state index contributed by atoms with van der Waals surface area (Å²) in [7, 11) is 1.39. The van der Waals surface area contributed by atoms with Gasteiger partial charge < -0.3 is 10.1 Å². The number of unbranched alkanes of at least 4 members (excludes halogenated alkanes) is 1. The fourth-order valence-electron chi connectivity index (χ4n) is 2.40. The van der Waals surface area contributed by atoms with Crippen molar-refractivity contribution in [2.45, 2.75) is 63.8 Å². The summed E-state index contributed by atoms with van der Waals surface area (Å²) in [5.74, 6) is -0.318. The fraction of sp³-hybridized carbons (Fsp3) is 0.846. The Hall–Kier alpha value is -1.06. The molecule has 98 valence electrons. The highest BCUT2D eigenvalue weighted by Gasteiger charge is 2.41. The van der Waals surface area contributed by atoms with Crippen LogP contribution in [0.4, 0.5) is 0 Å². The number of amides is 1. The lowest BCUT2D eigenvalue weighted by molar-refractivity contribution is -0.152. The second-order valence-corrected chi connectivity index (χ2v) is 4.79. The Bertz CT molecular complexity index is 270. The van der Waals surface area contributed by atoms with Gasteiger partial charge in [-0.05, 0) is 19.3 Å². The number of carbonyl (C=O) groups excluding carboxylic acids is 2. The molecule has 0 aromatic carbocycles. The van der Waals surface area contributed by atoms with Crippen molar-refractivity contribution in [2.75, 3.05) is 7.11 Å². The Balaban J connectivity index is 2.63. The van der Waals surface area contributed by atoms with Crippen LogP contribution in [-0.4, -0.2) is 24.5 Å². The van der Waals surface area contributed by atoms with Gasteiger partial charge in [-0.2, -0.15) is 0 Å². The first kappa shape index (κ1) is 14.0. The number of hydrogen-bond donors (Lipinski definition) is 1. The van der Waals surface area contributed by atoms with Crippen LogP contribution in [0.5, 0.6) is 0 Å². The van der Waals surface area contributed by atoms with E-state index in [0.29, 0.717) is 19.3 Å². The third kappa shape index (κ3) is 3.72. The van der Waals surface area contributed by atoms with Crippen molar-refractivity contribution in [3.63, 3.8) is 0 Å². The van der Waals surface area contributed by atoms with Crippen molar-refractivity contribution in [1.82, 2.24) is 5.32 Å². The fourth-order valence-corrected chi connectivity index (χ4v) is 2.40. The van der Waals surface area contributed by atoms with E-state index >= 15 is 0 Å². The molecule has 17 heavy (non-hydrogen) atoms. The van der Waals surface area contributed by atoms with E-state index in [1.165, 1.54) is 7.11 Å². The number of nitrogens with one attached hydrogen (secondary N) is 1. The molecule has 0 radical (unpaired) electrons. The molecular formula is C13H23NO3. The number of rotatable bonds is 5.